The molecule has 1 N–H and O–H groups in total. The summed E-state index contributed by atoms with van der Waals surface area (Å²) in [6, 6.07) is 7.27. The summed E-state index contributed by atoms with van der Waals surface area (Å²) in [5.74, 6) is -3.39. The smallest absolute Gasteiger partial charge is 0.341 e. The Hall–Kier alpha value is -1.47. The number of rotatable bonds is 5. The molecule has 0 aliphatic rings. The third kappa shape index (κ3) is 3.30. The highest BCUT2D eigenvalue weighted by atomic mass is 32.2. The molecule has 0 saturated heterocycles. The molecule has 1 heterocycles. The van der Waals surface area contributed by atoms with E-state index in [1.54, 1.807) is 11.3 Å². The van der Waals surface area contributed by atoms with Crippen LogP contribution in [0.2, 0.25) is 0 Å². The van der Waals surface area contributed by atoms with Crippen molar-refractivity contribution in [2.24, 2.45) is 0 Å². The van der Waals surface area contributed by atoms with Crippen LogP contribution in [0.25, 0.3) is 0 Å². The maximum atomic E-state index is 12.3. The van der Waals surface area contributed by atoms with Gasteiger partial charge >= 0.3 is 5.76 Å². The molecule has 0 saturated carbocycles. The van der Waals surface area contributed by atoms with E-state index in [9.17, 15) is 17.2 Å². The molecule has 0 spiro atoms. The number of alkyl halides is 2. The van der Waals surface area contributed by atoms with Crippen molar-refractivity contribution in [3.8, 4) is 0 Å². The van der Waals surface area contributed by atoms with Gasteiger partial charge in [0.05, 0.1) is 4.90 Å². The molecular formula is C12H11F2NO2S2. The van der Waals surface area contributed by atoms with Crippen LogP contribution in [0.5, 0.6) is 0 Å². The van der Waals surface area contributed by atoms with Crippen molar-refractivity contribution < 1.29 is 17.2 Å². The third-order valence-corrected chi connectivity index (χ3v) is 4.62. The Labute approximate surface area is 113 Å². The number of sulfone groups is 1. The zero-order chi connectivity index (χ0) is 13.9. The van der Waals surface area contributed by atoms with Crippen molar-refractivity contribution in [1.82, 2.24) is 0 Å². The van der Waals surface area contributed by atoms with E-state index < -0.39 is 15.6 Å². The number of benzene rings is 1. The van der Waals surface area contributed by atoms with Crippen molar-refractivity contribution in [1.29, 1.82) is 0 Å². The Balaban J connectivity index is 2.07. The monoisotopic (exact) mass is 303 g/mol. The minimum atomic E-state index is -4.51. The molecule has 0 atom stereocenters. The largest absolute Gasteiger partial charge is 0.381 e. The lowest BCUT2D eigenvalue weighted by atomic mass is 10.3. The molecule has 0 aliphatic carbocycles. The summed E-state index contributed by atoms with van der Waals surface area (Å²) in [7, 11) is -4.51. The molecular weight excluding hydrogens is 292 g/mol. The van der Waals surface area contributed by atoms with Gasteiger partial charge in [0, 0.05) is 12.2 Å². The van der Waals surface area contributed by atoms with E-state index in [0.29, 0.717) is 12.2 Å². The molecule has 0 bridgehead atoms. The Kier molecular flexibility index (Phi) is 4.16. The van der Waals surface area contributed by atoms with Crippen molar-refractivity contribution in [3.05, 3.63) is 46.7 Å². The van der Waals surface area contributed by atoms with Gasteiger partial charge in [-0.15, -0.1) is 0 Å². The van der Waals surface area contributed by atoms with Crippen LogP contribution in [-0.4, -0.2) is 14.2 Å². The van der Waals surface area contributed by atoms with Crippen LogP contribution < -0.4 is 5.32 Å². The van der Waals surface area contributed by atoms with Crippen LogP contribution in [0, 0.1) is 0 Å². The van der Waals surface area contributed by atoms with Gasteiger partial charge in [-0.3, -0.25) is 0 Å². The fourth-order valence-electron chi connectivity index (χ4n) is 1.46. The number of hydrogen-bond donors (Lipinski definition) is 1. The summed E-state index contributed by atoms with van der Waals surface area (Å²) in [6.07, 6.45) is 0. The molecule has 102 valence electrons. The van der Waals surface area contributed by atoms with Crippen LogP contribution in [-0.2, 0) is 16.4 Å². The van der Waals surface area contributed by atoms with E-state index >= 15 is 0 Å². The van der Waals surface area contributed by atoms with E-state index in [-0.39, 0.29) is 4.90 Å². The van der Waals surface area contributed by atoms with Gasteiger partial charge in [0.15, 0.2) is 0 Å². The van der Waals surface area contributed by atoms with Gasteiger partial charge in [-0.2, -0.15) is 20.1 Å². The summed E-state index contributed by atoms with van der Waals surface area (Å²) in [4.78, 5) is -0.372. The van der Waals surface area contributed by atoms with Crippen molar-refractivity contribution >= 4 is 26.9 Å². The predicted octanol–water partition coefficient (Wildman–Crippen LogP) is 3.36. The summed E-state index contributed by atoms with van der Waals surface area (Å²) in [6.45, 7) is 0.602. The van der Waals surface area contributed by atoms with Gasteiger partial charge in [0.2, 0.25) is 9.84 Å². The first kappa shape index (κ1) is 14.0. The lowest BCUT2D eigenvalue weighted by Crippen LogP contribution is -2.11. The highest BCUT2D eigenvalue weighted by Crippen LogP contribution is 2.20. The van der Waals surface area contributed by atoms with Gasteiger partial charge in [0.1, 0.15) is 0 Å². The minimum Gasteiger partial charge on any atom is -0.381 e. The van der Waals surface area contributed by atoms with E-state index in [1.165, 1.54) is 24.3 Å². The van der Waals surface area contributed by atoms with Crippen LogP contribution in [0.15, 0.2) is 46.0 Å². The normalized spacial score (nSPS) is 11.7. The van der Waals surface area contributed by atoms with Crippen molar-refractivity contribution in [2.45, 2.75) is 17.2 Å². The fourth-order valence-corrected chi connectivity index (χ4v) is 2.85. The molecule has 0 fully saturated rings. The highest BCUT2D eigenvalue weighted by molar-refractivity contribution is 7.91. The minimum absolute atomic E-state index is 0.372. The quantitative estimate of drug-likeness (QED) is 0.921. The van der Waals surface area contributed by atoms with Crippen molar-refractivity contribution in [3.63, 3.8) is 0 Å². The molecule has 0 amide bonds. The maximum absolute atomic E-state index is 12.3. The Morgan fingerprint density at radius 2 is 1.84 bits per heavy atom. The molecule has 1 aromatic carbocycles. The lowest BCUT2D eigenvalue weighted by molar-refractivity contribution is 0.234. The standard InChI is InChI=1S/C12H11F2NO2S2/c13-12(14)19(16,17)11-3-1-10(2-4-11)15-7-9-5-6-18-8-9/h1-6,8,12,15H,7H2. The van der Waals surface area contributed by atoms with Crippen LogP contribution in [0.1, 0.15) is 5.56 Å². The summed E-state index contributed by atoms with van der Waals surface area (Å²) in [5, 5.41) is 7.02. The van der Waals surface area contributed by atoms with E-state index in [4.69, 9.17) is 0 Å². The van der Waals surface area contributed by atoms with Crippen LogP contribution in [0.4, 0.5) is 14.5 Å². The first-order valence-corrected chi connectivity index (χ1v) is 7.86. The zero-order valence-electron chi connectivity index (χ0n) is 9.71. The van der Waals surface area contributed by atoms with Gasteiger partial charge in [-0.25, -0.2) is 8.42 Å². The van der Waals surface area contributed by atoms with E-state index in [2.05, 4.69) is 5.32 Å². The molecule has 0 aliphatic heterocycles. The molecule has 2 aromatic rings. The molecule has 1 aromatic heterocycles. The second-order valence-electron chi connectivity index (χ2n) is 3.82. The maximum Gasteiger partial charge on any atom is 0.341 e. The number of anilines is 1. The molecule has 0 unspecified atom stereocenters. The summed E-state index contributed by atoms with van der Waals surface area (Å²) >= 11 is 1.58. The molecule has 3 nitrogen and oxygen atoms in total. The number of thiophene rings is 1. The Morgan fingerprint density at radius 1 is 1.16 bits per heavy atom. The number of nitrogens with one attached hydrogen (secondary N) is 1. The molecule has 0 radical (unpaired) electrons. The first-order chi connectivity index (χ1) is 9.00. The second-order valence-corrected chi connectivity index (χ2v) is 6.51. The average Bonchev–Trinajstić information content (AvgIpc) is 2.90. The van der Waals surface area contributed by atoms with Gasteiger partial charge < -0.3 is 5.32 Å². The topological polar surface area (TPSA) is 46.2 Å². The number of halogens is 2. The Morgan fingerprint density at radius 3 is 2.37 bits per heavy atom. The number of hydrogen-bond acceptors (Lipinski definition) is 4. The van der Waals surface area contributed by atoms with Crippen LogP contribution >= 0.6 is 11.3 Å². The predicted molar refractivity (Wildman–Crippen MR) is 71.3 cm³/mol. The Bertz CT molecular complexity index is 622. The fraction of sp³-hybridized carbons (Fsp3) is 0.167. The van der Waals surface area contributed by atoms with Gasteiger partial charge in [0.25, 0.3) is 0 Å². The lowest BCUT2D eigenvalue weighted by Gasteiger charge is -2.07. The van der Waals surface area contributed by atoms with E-state index in [1.807, 2.05) is 16.8 Å². The van der Waals surface area contributed by atoms with E-state index in [0.717, 1.165) is 5.56 Å². The SMILES string of the molecule is O=S(=O)(c1ccc(NCc2ccsc2)cc1)C(F)F. The van der Waals surface area contributed by atoms with Gasteiger partial charge in [-0.05, 0) is 46.7 Å². The zero-order valence-corrected chi connectivity index (χ0v) is 11.3. The summed E-state index contributed by atoms with van der Waals surface area (Å²) in [5.41, 5.74) is 1.79. The van der Waals surface area contributed by atoms with Gasteiger partial charge in [-0.1, -0.05) is 0 Å². The average molecular weight is 303 g/mol. The first-order valence-electron chi connectivity index (χ1n) is 5.37. The summed E-state index contributed by atoms with van der Waals surface area (Å²) < 4.78 is 47.1. The highest BCUT2D eigenvalue weighted by Gasteiger charge is 2.26. The molecule has 2 rings (SSSR count). The van der Waals surface area contributed by atoms with Crippen molar-refractivity contribution in [2.75, 3.05) is 5.32 Å². The second kappa shape index (κ2) is 5.66. The molecule has 19 heavy (non-hydrogen) atoms. The third-order valence-electron chi connectivity index (χ3n) is 2.49. The van der Waals surface area contributed by atoms with Crippen LogP contribution in [0.3, 0.4) is 0 Å². The molecule has 7 heteroatoms.